The molecule has 0 heterocycles. The molecule has 0 aliphatic carbocycles. The van der Waals surface area contributed by atoms with Gasteiger partial charge in [-0.15, -0.1) is 0 Å². The second-order valence-corrected chi connectivity index (χ2v) is 13.4. The predicted octanol–water partition coefficient (Wildman–Crippen LogP) is 4.85. The van der Waals surface area contributed by atoms with Crippen molar-refractivity contribution in [3.8, 4) is 0 Å². The molecule has 0 unspecified atom stereocenters. The number of hydrogen-bond donors (Lipinski definition) is 0. The number of halogens is 2. The van der Waals surface area contributed by atoms with Crippen LogP contribution in [0, 0.1) is 0 Å². The van der Waals surface area contributed by atoms with Crippen LogP contribution in [0.3, 0.4) is 0 Å². The van der Waals surface area contributed by atoms with E-state index >= 15 is 0 Å². The summed E-state index contributed by atoms with van der Waals surface area (Å²) in [5.41, 5.74) is -2.00. The van der Waals surface area contributed by atoms with Gasteiger partial charge in [0, 0.05) is 0 Å². The van der Waals surface area contributed by atoms with Crippen molar-refractivity contribution < 1.29 is 0 Å². The molecule has 0 N–H and O–H groups in total. The van der Waals surface area contributed by atoms with E-state index in [4.69, 9.17) is 22.5 Å². The topological polar surface area (TPSA) is 3.24 Å². The summed E-state index contributed by atoms with van der Waals surface area (Å²) in [6, 6.07) is 20.1. The van der Waals surface area contributed by atoms with Gasteiger partial charge in [-0.2, -0.15) is 0 Å². The molecule has 0 amide bonds. The number of rotatable bonds is 4. The van der Waals surface area contributed by atoms with Crippen molar-refractivity contribution in [2.75, 3.05) is 14.1 Å². The molecule has 2 aromatic carbocycles. The Morgan fingerprint density at radius 2 is 1.32 bits per heavy atom. The molecule has 2 aromatic rings. The Morgan fingerprint density at radius 1 is 0.842 bits per heavy atom. The van der Waals surface area contributed by atoms with Crippen LogP contribution in [0.25, 0.3) is 0 Å². The SMILES string of the molecule is CN(C)P(Cl)(Cl)(Cc1ccccc1)c1ccccc1. The van der Waals surface area contributed by atoms with Crippen LogP contribution in [-0.2, 0) is 6.16 Å². The van der Waals surface area contributed by atoms with Crippen molar-refractivity contribution in [1.82, 2.24) is 4.67 Å². The monoisotopic (exact) mass is 313 g/mol. The molecule has 102 valence electrons. The third-order valence-electron chi connectivity index (χ3n) is 3.33. The molecule has 0 aliphatic heterocycles. The summed E-state index contributed by atoms with van der Waals surface area (Å²) < 4.78 is 1.98. The van der Waals surface area contributed by atoms with E-state index in [1.54, 1.807) is 0 Å². The van der Waals surface area contributed by atoms with E-state index < -0.39 is 5.46 Å². The summed E-state index contributed by atoms with van der Waals surface area (Å²) in [4.78, 5) is 0. The third-order valence-corrected chi connectivity index (χ3v) is 10.8. The van der Waals surface area contributed by atoms with E-state index in [2.05, 4.69) is 12.1 Å². The fraction of sp³-hybridized carbons (Fsp3) is 0.200. The number of benzene rings is 2. The zero-order valence-corrected chi connectivity index (χ0v) is 13.5. The van der Waals surface area contributed by atoms with Gasteiger partial charge in [0.2, 0.25) is 0 Å². The first-order valence-electron chi connectivity index (χ1n) is 6.15. The van der Waals surface area contributed by atoms with E-state index in [0.29, 0.717) is 6.16 Å². The van der Waals surface area contributed by atoms with E-state index in [1.165, 1.54) is 0 Å². The summed E-state index contributed by atoms with van der Waals surface area (Å²) in [5, 5.41) is 1.01. The Bertz CT molecular complexity index is 541. The molecule has 0 radical (unpaired) electrons. The average Bonchev–Trinajstić information content (AvgIpc) is 2.40. The zero-order chi connectivity index (χ0) is 14.0. The summed E-state index contributed by atoms with van der Waals surface area (Å²) in [5.74, 6) is 0. The predicted molar refractivity (Wildman–Crippen MR) is 88.5 cm³/mol. The van der Waals surface area contributed by atoms with E-state index in [-0.39, 0.29) is 0 Å². The third kappa shape index (κ3) is 2.95. The quantitative estimate of drug-likeness (QED) is 0.729. The van der Waals surface area contributed by atoms with Gasteiger partial charge >= 0.3 is 124 Å². The maximum atomic E-state index is 7.01. The van der Waals surface area contributed by atoms with Crippen LogP contribution < -0.4 is 5.30 Å². The Labute approximate surface area is 124 Å². The molecule has 19 heavy (non-hydrogen) atoms. The number of nitrogens with zero attached hydrogens (tertiary/aromatic N) is 1. The minimum atomic E-state index is -3.15. The Balaban J connectivity index is 2.49. The van der Waals surface area contributed by atoms with Gasteiger partial charge in [0.1, 0.15) is 0 Å². The van der Waals surface area contributed by atoms with Crippen LogP contribution in [0.2, 0.25) is 0 Å². The van der Waals surface area contributed by atoms with Gasteiger partial charge < -0.3 is 0 Å². The average molecular weight is 314 g/mol. The molecule has 0 aromatic heterocycles. The normalized spacial score (nSPS) is 14.1. The van der Waals surface area contributed by atoms with Crippen LogP contribution in [0.4, 0.5) is 0 Å². The van der Waals surface area contributed by atoms with Gasteiger partial charge in [0.25, 0.3) is 0 Å². The second kappa shape index (κ2) is 5.42. The Kier molecular flexibility index (Phi) is 4.23. The molecular formula is C15H18Cl2NP. The first-order chi connectivity index (χ1) is 8.92. The molecule has 0 saturated carbocycles. The fourth-order valence-electron chi connectivity index (χ4n) is 2.07. The molecule has 2 rings (SSSR count). The van der Waals surface area contributed by atoms with Crippen LogP contribution in [0.15, 0.2) is 60.7 Å². The van der Waals surface area contributed by atoms with Crippen LogP contribution in [-0.4, -0.2) is 18.8 Å². The van der Waals surface area contributed by atoms with Crippen LogP contribution in [0.1, 0.15) is 5.56 Å². The molecule has 4 heteroatoms. The van der Waals surface area contributed by atoms with Crippen LogP contribution in [0.5, 0.6) is 0 Å². The van der Waals surface area contributed by atoms with Crippen molar-refractivity contribution in [3.05, 3.63) is 66.2 Å². The van der Waals surface area contributed by atoms with Crippen molar-refractivity contribution in [2.45, 2.75) is 6.16 Å². The van der Waals surface area contributed by atoms with Crippen molar-refractivity contribution in [1.29, 1.82) is 0 Å². The molecule has 0 atom stereocenters. The summed E-state index contributed by atoms with van der Waals surface area (Å²) in [6.45, 7) is 0. The maximum absolute atomic E-state index is 7.01. The van der Waals surface area contributed by atoms with Gasteiger partial charge in [-0.1, -0.05) is 0 Å². The second-order valence-electron chi connectivity index (χ2n) is 4.85. The van der Waals surface area contributed by atoms with Gasteiger partial charge in [0.05, 0.1) is 0 Å². The van der Waals surface area contributed by atoms with E-state index in [0.717, 1.165) is 10.9 Å². The standard InChI is InChI=1S/C15H18Cl2NP/c1-18(2)19(16,17,15-11-7-4-8-12-15)13-14-9-5-3-6-10-14/h3-12H,13H2,1-2H3. The summed E-state index contributed by atoms with van der Waals surface area (Å²) in [7, 11) is 3.90. The molecule has 0 bridgehead atoms. The van der Waals surface area contributed by atoms with Gasteiger partial charge in [0.15, 0.2) is 0 Å². The summed E-state index contributed by atoms with van der Waals surface area (Å²) >= 11 is 14.0. The van der Waals surface area contributed by atoms with Crippen molar-refractivity contribution >= 4 is 33.2 Å². The van der Waals surface area contributed by atoms with Crippen molar-refractivity contribution in [2.24, 2.45) is 0 Å². The molecule has 0 aliphatic rings. The van der Waals surface area contributed by atoms with Crippen molar-refractivity contribution in [3.63, 3.8) is 0 Å². The van der Waals surface area contributed by atoms with Gasteiger partial charge in [-0.25, -0.2) is 0 Å². The van der Waals surface area contributed by atoms with Gasteiger partial charge in [-0.05, 0) is 0 Å². The molecule has 0 saturated heterocycles. The Hall–Kier alpha value is -0.590. The van der Waals surface area contributed by atoms with E-state index in [9.17, 15) is 0 Å². The first kappa shape index (κ1) is 14.8. The van der Waals surface area contributed by atoms with E-state index in [1.807, 2.05) is 67.3 Å². The van der Waals surface area contributed by atoms with Gasteiger partial charge in [-0.3, -0.25) is 0 Å². The number of hydrogen-bond acceptors (Lipinski definition) is 1. The van der Waals surface area contributed by atoms with Crippen LogP contribution >= 0.6 is 27.9 Å². The first-order valence-corrected chi connectivity index (χ1v) is 10.3. The minimum absolute atomic E-state index is 0.645. The molecule has 0 spiro atoms. The summed E-state index contributed by atoms with van der Waals surface area (Å²) in [6.07, 6.45) is 0.645. The fourth-order valence-corrected chi connectivity index (χ4v) is 6.08. The molecule has 0 fully saturated rings. The molecule has 1 nitrogen and oxygen atoms in total. The zero-order valence-electron chi connectivity index (χ0n) is 11.1. The Morgan fingerprint density at radius 3 is 1.79 bits per heavy atom. The molecular weight excluding hydrogens is 296 g/mol.